The Kier molecular flexibility index (Phi) is 12.7. The van der Waals surface area contributed by atoms with Crippen LogP contribution in [0, 0.1) is 29.6 Å². The third-order valence-electron chi connectivity index (χ3n) is 10.7. The molecule has 2 aliphatic carbocycles. The molecule has 11 nitrogen and oxygen atoms in total. The van der Waals surface area contributed by atoms with Crippen molar-refractivity contribution in [2.75, 3.05) is 32.3 Å². The highest BCUT2D eigenvalue weighted by Crippen LogP contribution is 2.42. The van der Waals surface area contributed by atoms with Gasteiger partial charge in [-0.15, -0.1) is 0 Å². The fraction of sp³-hybridized carbons (Fsp3) is 0.692. The Morgan fingerprint density at radius 3 is 2.31 bits per heavy atom. The number of hydrogen-bond acceptors (Lipinski definition) is 8. The number of alkyl halides is 1. The molecule has 12 heteroatoms. The van der Waals surface area contributed by atoms with Crippen molar-refractivity contribution in [2.24, 2.45) is 29.6 Å². The minimum atomic E-state index is -0.710. The number of carbonyl (C=O) groups excluding carboxylic acids is 4. The van der Waals surface area contributed by atoms with Gasteiger partial charge in [-0.1, -0.05) is 13.8 Å². The highest BCUT2D eigenvalue weighted by atomic mass is 19.1. The number of ether oxygens (including phenoxy) is 3. The quantitative estimate of drug-likeness (QED) is 0.232. The summed E-state index contributed by atoms with van der Waals surface area (Å²) in [5.74, 6) is -0.594. The number of nitrogens with one attached hydrogen (secondary N) is 2. The number of nitrogens with zero attached hydrogens (tertiary/aromatic N) is 1. The summed E-state index contributed by atoms with van der Waals surface area (Å²) in [6.45, 7) is 9.27. The summed E-state index contributed by atoms with van der Waals surface area (Å²) < 4.78 is 36.1. The number of esters is 1. The molecule has 2 saturated carbocycles. The number of alkyl carbamates (subject to hydrolysis) is 1. The number of furan rings is 1. The van der Waals surface area contributed by atoms with Crippen molar-refractivity contribution in [1.29, 1.82) is 0 Å². The summed E-state index contributed by atoms with van der Waals surface area (Å²) in [5, 5.41) is 6.43. The Labute approximate surface area is 300 Å². The predicted octanol–water partition coefficient (Wildman–Crippen LogP) is 7.28. The summed E-state index contributed by atoms with van der Waals surface area (Å²) >= 11 is 0. The van der Waals surface area contributed by atoms with E-state index in [0.717, 1.165) is 32.1 Å². The molecule has 2 aromatic rings. The van der Waals surface area contributed by atoms with Crippen molar-refractivity contribution in [1.82, 2.24) is 10.2 Å². The first kappa shape index (κ1) is 38.6. The van der Waals surface area contributed by atoms with E-state index in [1.165, 1.54) is 0 Å². The number of anilines is 1. The smallest absolute Gasteiger partial charge is 0.407 e. The van der Waals surface area contributed by atoms with Gasteiger partial charge in [0, 0.05) is 30.6 Å². The van der Waals surface area contributed by atoms with E-state index in [2.05, 4.69) is 10.6 Å². The third kappa shape index (κ3) is 9.81. The van der Waals surface area contributed by atoms with Gasteiger partial charge in [-0.3, -0.25) is 9.59 Å². The largest absolute Gasteiger partial charge is 0.460 e. The third-order valence-corrected chi connectivity index (χ3v) is 10.7. The van der Waals surface area contributed by atoms with Crippen LogP contribution in [0.3, 0.4) is 0 Å². The SMILES string of the molecule is COC1CCC([C@@H]2CCN(C(=O)[C@H]3CC[C@H]([C@@H](CF)NC(=O)OC(C)(C)C)CC3)[C@@H]2C(=O)Nc2ccc3oc(C(=O)OCC(C)C)cc3c2)CC1. The number of rotatable bonds is 11. The topological polar surface area (TPSA) is 136 Å². The molecule has 51 heavy (non-hydrogen) atoms. The van der Waals surface area contributed by atoms with Crippen LogP contribution in [0.25, 0.3) is 11.0 Å². The first-order valence-electron chi connectivity index (χ1n) is 18.7. The van der Waals surface area contributed by atoms with Crippen LogP contribution in [-0.4, -0.2) is 79.5 Å². The standard InChI is InChI=1S/C39H56FN3O8/c1-23(2)22-49-37(46)33-20-27-19-28(13-16-32(27)50-33)41-35(44)34-30(24-11-14-29(48-6)15-12-24)17-18-43(34)36(45)26-9-7-25(8-10-26)31(21-40)42-38(47)51-39(3,4)5/h13,16,19-20,23-26,29-31,34H,7-12,14-15,17-18,21-22H2,1-6H3,(H,41,44)(H,42,47)/t24?,25-,26-,29?,30-,31+,34-/m0/s1. The summed E-state index contributed by atoms with van der Waals surface area (Å²) in [6.07, 6.45) is 6.35. The summed E-state index contributed by atoms with van der Waals surface area (Å²) in [7, 11) is 1.74. The maximum Gasteiger partial charge on any atom is 0.407 e. The second kappa shape index (κ2) is 16.8. The van der Waals surface area contributed by atoms with Gasteiger partial charge in [-0.25, -0.2) is 14.0 Å². The van der Waals surface area contributed by atoms with Crippen LogP contribution in [0.15, 0.2) is 28.7 Å². The minimum absolute atomic E-state index is 0.0111. The van der Waals surface area contributed by atoms with E-state index in [-0.39, 0.29) is 54.0 Å². The molecule has 0 spiro atoms. The molecule has 3 aliphatic rings. The highest BCUT2D eigenvalue weighted by molar-refractivity contribution is 6.00. The molecule has 1 saturated heterocycles. The summed E-state index contributed by atoms with van der Waals surface area (Å²) in [4.78, 5) is 55.1. The molecule has 3 fully saturated rings. The lowest BCUT2D eigenvalue weighted by molar-refractivity contribution is -0.142. The van der Waals surface area contributed by atoms with Gasteiger partial charge in [-0.05, 0) is 126 Å². The zero-order valence-electron chi connectivity index (χ0n) is 31.0. The predicted molar refractivity (Wildman–Crippen MR) is 191 cm³/mol. The van der Waals surface area contributed by atoms with Gasteiger partial charge in [0.2, 0.25) is 17.6 Å². The molecule has 1 aromatic carbocycles. The van der Waals surface area contributed by atoms with Crippen molar-refractivity contribution in [3.63, 3.8) is 0 Å². The van der Waals surface area contributed by atoms with Gasteiger partial charge in [0.15, 0.2) is 0 Å². The van der Waals surface area contributed by atoms with Gasteiger partial charge in [-0.2, -0.15) is 0 Å². The second-order valence-corrected chi connectivity index (χ2v) is 16.1. The Morgan fingerprint density at radius 2 is 1.69 bits per heavy atom. The van der Waals surface area contributed by atoms with E-state index in [4.69, 9.17) is 18.6 Å². The highest BCUT2D eigenvalue weighted by Gasteiger charge is 2.47. The van der Waals surface area contributed by atoms with Crippen LogP contribution in [-0.2, 0) is 23.8 Å². The Bertz CT molecular complexity index is 1520. The molecule has 5 rings (SSSR count). The van der Waals surface area contributed by atoms with Gasteiger partial charge in [0.05, 0.1) is 18.8 Å². The average molecular weight is 714 g/mol. The molecule has 3 amide bonds. The molecule has 0 unspecified atom stereocenters. The minimum Gasteiger partial charge on any atom is -0.460 e. The van der Waals surface area contributed by atoms with Crippen LogP contribution in [0.5, 0.6) is 0 Å². The molecule has 3 atom stereocenters. The molecule has 282 valence electrons. The molecule has 2 heterocycles. The van der Waals surface area contributed by atoms with E-state index >= 15 is 0 Å². The Hall–Kier alpha value is -3.67. The van der Waals surface area contributed by atoms with E-state index in [1.807, 2.05) is 13.8 Å². The van der Waals surface area contributed by atoms with Gasteiger partial charge in [0.1, 0.15) is 23.9 Å². The molecule has 1 aromatic heterocycles. The fourth-order valence-corrected chi connectivity index (χ4v) is 8.14. The number of hydrogen-bond donors (Lipinski definition) is 2. The molecule has 0 radical (unpaired) electrons. The fourth-order valence-electron chi connectivity index (χ4n) is 8.14. The lowest BCUT2D eigenvalue weighted by Crippen LogP contribution is -2.50. The number of carbonyl (C=O) groups is 4. The zero-order valence-corrected chi connectivity index (χ0v) is 31.0. The Morgan fingerprint density at radius 1 is 0.980 bits per heavy atom. The van der Waals surface area contributed by atoms with Crippen LogP contribution >= 0.6 is 0 Å². The Balaban J connectivity index is 1.28. The average Bonchev–Trinajstić information content (AvgIpc) is 3.74. The van der Waals surface area contributed by atoms with Crippen LogP contribution < -0.4 is 10.6 Å². The van der Waals surface area contributed by atoms with Crippen LogP contribution in [0.1, 0.15) is 103 Å². The number of methoxy groups -OCH3 is 1. The summed E-state index contributed by atoms with van der Waals surface area (Å²) in [5.41, 5.74) is 0.362. The molecular weight excluding hydrogens is 657 g/mol. The first-order valence-corrected chi connectivity index (χ1v) is 18.7. The number of fused-ring (bicyclic) bond motifs is 1. The van der Waals surface area contributed by atoms with Crippen molar-refractivity contribution < 1.29 is 42.2 Å². The molecule has 2 N–H and O–H groups in total. The second-order valence-electron chi connectivity index (χ2n) is 16.1. The van der Waals surface area contributed by atoms with E-state index < -0.39 is 36.4 Å². The van der Waals surface area contributed by atoms with Gasteiger partial charge >= 0.3 is 12.1 Å². The number of benzene rings is 1. The normalized spacial score (nSPS) is 26.2. The first-order chi connectivity index (χ1) is 24.3. The molecule has 1 aliphatic heterocycles. The van der Waals surface area contributed by atoms with Gasteiger partial charge < -0.3 is 34.2 Å². The van der Waals surface area contributed by atoms with Crippen LogP contribution in [0.4, 0.5) is 14.9 Å². The molecule has 0 bridgehead atoms. The lowest BCUT2D eigenvalue weighted by atomic mass is 9.75. The maximum atomic E-state index is 14.2. The van der Waals surface area contributed by atoms with Crippen molar-refractivity contribution in [3.8, 4) is 0 Å². The van der Waals surface area contributed by atoms with E-state index in [1.54, 1.807) is 57.0 Å². The van der Waals surface area contributed by atoms with Crippen molar-refractivity contribution >= 4 is 40.5 Å². The summed E-state index contributed by atoms with van der Waals surface area (Å²) in [6, 6.07) is 5.52. The number of halogens is 1. The van der Waals surface area contributed by atoms with Crippen molar-refractivity contribution in [3.05, 3.63) is 30.0 Å². The number of amides is 3. The van der Waals surface area contributed by atoms with Crippen LogP contribution in [0.2, 0.25) is 0 Å². The van der Waals surface area contributed by atoms with E-state index in [0.29, 0.717) is 54.8 Å². The zero-order chi connectivity index (χ0) is 36.9. The van der Waals surface area contributed by atoms with Gasteiger partial charge in [0.25, 0.3) is 0 Å². The monoisotopic (exact) mass is 713 g/mol. The number of likely N-dealkylation sites (tertiary alicyclic amines) is 1. The molecular formula is C39H56FN3O8. The van der Waals surface area contributed by atoms with Crippen molar-refractivity contribution in [2.45, 2.75) is 116 Å². The van der Waals surface area contributed by atoms with E-state index in [9.17, 15) is 23.6 Å². The lowest BCUT2D eigenvalue weighted by Gasteiger charge is -2.38. The maximum absolute atomic E-state index is 14.2.